The summed E-state index contributed by atoms with van der Waals surface area (Å²) < 4.78 is 5.57. The van der Waals surface area contributed by atoms with E-state index in [-0.39, 0.29) is 5.60 Å². The average Bonchev–Trinajstić information content (AvgIpc) is 2.09. The van der Waals surface area contributed by atoms with Crippen LogP contribution in [-0.2, 0) is 4.74 Å². The maximum atomic E-state index is 5.76. The summed E-state index contributed by atoms with van der Waals surface area (Å²) in [7, 11) is 1.82. The van der Waals surface area contributed by atoms with Gasteiger partial charge in [-0.1, -0.05) is 12.8 Å². The van der Waals surface area contributed by atoms with Crippen molar-refractivity contribution in [3.63, 3.8) is 0 Å². The van der Waals surface area contributed by atoms with E-state index in [1.54, 1.807) is 0 Å². The number of nitrogens with two attached hydrogens (primary N) is 1. The van der Waals surface area contributed by atoms with Crippen LogP contribution < -0.4 is 5.73 Å². The molecule has 2 N–H and O–H groups in total. The van der Waals surface area contributed by atoms with Crippen LogP contribution in [0, 0.1) is 11.8 Å². The van der Waals surface area contributed by atoms with Crippen LogP contribution >= 0.6 is 0 Å². The largest absolute Gasteiger partial charge is 0.377 e. The molecule has 0 saturated heterocycles. The van der Waals surface area contributed by atoms with Crippen LogP contribution in [0.3, 0.4) is 0 Å². The van der Waals surface area contributed by atoms with Crippen molar-refractivity contribution < 1.29 is 4.74 Å². The highest BCUT2D eigenvalue weighted by molar-refractivity contribution is 5.05. The molecule has 0 aliphatic heterocycles. The van der Waals surface area contributed by atoms with Crippen molar-refractivity contribution >= 4 is 0 Å². The van der Waals surface area contributed by atoms with Crippen LogP contribution in [0.1, 0.15) is 32.1 Å². The number of methoxy groups -OCH3 is 1. The average molecular weight is 169 g/mol. The van der Waals surface area contributed by atoms with Gasteiger partial charge < -0.3 is 10.5 Å². The molecule has 2 nitrogen and oxygen atoms in total. The quantitative estimate of drug-likeness (QED) is 0.680. The minimum absolute atomic E-state index is 0.0745. The van der Waals surface area contributed by atoms with E-state index in [0.717, 1.165) is 11.8 Å². The molecule has 0 bridgehead atoms. The molecule has 0 radical (unpaired) electrons. The number of rotatable bonds is 2. The summed E-state index contributed by atoms with van der Waals surface area (Å²) in [5.41, 5.74) is 5.84. The van der Waals surface area contributed by atoms with Gasteiger partial charge in [-0.05, 0) is 31.1 Å². The lowest BCUT2D eigenvalue weighted by Crippen LogP contribution is -2.60. The van der Waals surface area contributed by atoms with Crippen molar-refractivity contribution in [3.8, 4) is 0 Å². The third-order valence-electron chi connectivity index (χ3n) is 3.94. The second-order valence-electron chi connectivity index (χ2n) is 4.33. The van der Waals surface area contributed by atoms with Gasteiger partial charge in [0.15, 0.2) is 0 Å². The van der Waals surface area contributed by atoms with Gasteiger partial charge in [-0.15, -0.1) is 0 Å². The molecule has 3 unspecified atom stereocenters. The van der Waals surface area contributed by atoms with Gasteiger partial charge in [-0.2, -0.15) is 0 Å². The molecule has 0 heterocycles. The van der Waals surface area contributed by atoms with E-state index in [1.165, 1.54) is 32.1 Å². The van der Waals surface area contributed by atoms with Crippen LogP contribution in [0.5, 0.6) is 0 Å². The molecule has 2 aliphatic carbocycles. The Morgan fingerprint density at radius 2 is 2.17 bits per heavy atom. The lowest BCUT2D eigenvalue weighted by molar-refractivity contribution is -0.168. The van der Waals surface area contributed by atoms with E-state index in [9.17, 15) is 0 Å². The monoisotopic (exact) mass is 169 g/mol. The van der Waals surface area contributed by atoms with Crippen LogP contribution in [0.2, 0.25) is 0 Å². The zero-order valence-corrected chi connectivity index (χ0v) is 7.88. The van der Waals surface area contributed by atoms with E-state index in [0.29, 0.717) is 6.54 Å². The minimum Gasteiger partial charge on any atom is -0.377 e. The van der Waals surface area contributed by atoms with Gasteiger partial charge in [-0.25, -0.2) is 0 Å². The van der Waals surface area contributed by atoms with Gasteiger partial charge in [-0.3, -0.25) is 0 Å². The Kier molecular flexibility index (Phi) is 2.13. The number of hydrogen-bond acceptors (Lipinski definition) is 2. The Labute approximate surface area is 74.5 Å². The summed E-state index contributed by atoms with van der Waals surface area (Å²) >= 11 is 0. The highest BCUT2D eigenvalue weighted by atomic mass is 16.5. The Bertz CT molecular complexity index is 165. The first-order valence-electron chi connectivity index (χ1n) is 5.07. The Balaban J connectivity index is 2.02. The van der Waals surface area contributed by atoms with Gasteiger partial charge in [0.2, 0.25) is 0 Å². The van der Waals surface area contributed by atoms with Gasteiger partial charge >= 0.3 is 0 Å². The van der Waals surface area contributed by atoms with Crippen molar-refractivity contribution in [3.05, 3.63) is 0 Å². The van der Waals surface area contributed by atoms with Gasteiger partial charge in [0.25, 0.3) is 0 Å². The molecule has 2 heteroatoms. The Morgan fingerprint density at radius 1 is 1.42 bits per heavy atom. The summed E-state index contributed by atoms with van der Waals surface area (Å²) in [5, 5.41) is 0. The molecule has 0 spiro atoms. The molecule has 2 fully saturated rings. The Morgan fingerprint density at radius 3 is 2.75 bits per heavy atom. The van der Waals surface area contributed by atoms with E-state index < -0.39 is 0 Å². The summed E-state index contributed by atoms with van der Waals surface area (Å²) in [5.74, 6) is 1.71. The molecule has 70 valence electrons. The van der Waals surface area contributed by atoms with E-state index >= 15 is 0 Å². The number of fused-ring (bicyclic) bond motifs is 1. The lowest BCUT2D eigenvalue weighted by Gasteiger charge is -2.56. The van der Waals surface area contributed by atoms with Crippen molar-refractivity contribution in [2.75, 3.05) is 13.7 Å². The van der Waals surface area contributed by atoms with Crippen molar-refractivity contribution in [2.24, 2.45) is 17.6 Å². The number of hydrogen-bond donors (Lipinski definition) is 1. The first-order chi connectivity index (χ1) is 5.82. The van der Waals surface area contributed by atoms with Crippen molar-refractivity contribution in [1.29, 1.82) is 0 Å². The molecule has 3 atom stereocenters. The molecule has 2 saturated carbocycles. The second-order valence-corrected chi connectivity index (χ2v) is 4.33. The normalized spacial score (nSPS) is 46.5. The van der Waals surface area contributed by atoms with Crippen molar-refractivity contribution in [1.82, 2.24) is 0 Å². The molecule has 0 aromatic carbocycles. The molecular weight excluding hydrogens is 150 g/mol. The van der Waals surface area contributed by atoms with Crippen molar-refractivity contribution in [2.45, 2.75) is 37.7 Å². The van der Waals surface area contributed by atoms with E-state index in [2.05, 4.69) is 0 Å². The van der Waals surface area contributed by atoms with E-state index in [4.69, 9.17) is 10.5 Å². The summed E-state index contributed by atoms with van der Waals surface area (Å²) in [6, 6.07) is 0. The zero-order chi connectivity index (χ0) is 8.60. The predicted molar refractivity (Wildman–Crippen MR) is 48.9 cm³/mol. The molecular formula is C10H19NO. The predicted octanol–water partition coefficient (Wildman–Crippen LogP) is 1.54. The number of ether oxygens (including phenoxy) is 1. The maximum absolute atomic E-state index is 5.76. The topological polar surface area (TPSA) is 35.2 Å². The Hall–Kier alpha value is -0.0800. The van der Waals surface area contributed by atoms with Crippen LogP contribution in [-0.4, -0.2) is 19.3 Å². The molecule has 0 aromatic heterocycles. The highest BCUT2D eigenvalue weighted by Gasteiger charge is 2.53. The van der Waals surface area contributed by atoms with Crippen LogP contribution in [0.15, 0.2) is 0 Å². The first kappa shape index (κ1) is 8.52. The third-order valence-corrected chi connectivity index (χ3v) is 3.94. The fourth-order valence-electron chi connectivity index (χ4n) is 3.13. The highest BCUT2D eigenvalue weighted by Crippen LogP contribution is 2.53. The van der Waals surface area contributed by atoms with Gasteiger partial charge in [0.05, 0.1) is 5.60 Å². The second kappa shape index (κ2) is 3.00. The third kappa shape index (κ3) is 1.01. The lowest BCUT2D eigenvalue weighted by atomic mass is 9.55. The smallest absolute Gasteiger partial charge is 0.0833 e. The van der Waals surface area contributed by atoms with Gasteiger partial charge in [0.1, 0.15) is 0 Å². The van der Waals surface area contributed by atoms with Crippen LogP contribution in [0.25, 0.3) is 0 Å². The van der Waals surface area contributed by atoms with Crippen LogP contribution in [0.4, 0.5) is 0 Å². The maximum Gasteiger partial charge on any atom is 0.0833 e. The fourth-order valence-corrected chi connectivity index (χ4v) is 3.13. The first-order valence-corrected chi connectivity index (χ1v) is 5.07. The summed E-state index contributed by atoms with van der Waals surface area (Å²) in [6.07, 6.45) is 6.77. The molecule has 0 aromatic rings. The SMILES string of the molecule is COC1(CN)CC2CCCCC21. The molecule has 0 amide bonds. The summed E-state index contributed by atoms with van der Waals surface area (Å²) in [6.45, 7) is 0.713. The molecule has 2 rings (SSSR count). The fraction of sp³-hybridized carbons (Fsp3) is 1.00. The molecule has 2 aliphatic rings. The molecule has 12 heavy (non-hydrogen) atoms. The standard InChI is InChI=1S/C10H19NO/c1-12-10(7-11)6-8-4-2-3-5-9(8)10/h8-9H,2-7,11H2,1H3. The minimum atomic E-state index is 0.0745. The van der Waals surface area contributed by atoms with Gasteiger partial charge in [0, 0.05) is 13.7 Å². The zero-order valence-electron chi connectivity index (χ0n) is 7.88. The van der Waals surface area contributed by atoms with E-state index in [1.807, 2.05) is 7.11 Å². The summed E-state index contributed by atoms with van der Waals surface area (Å²) in [4.78, 5) is 0.